The number of hydrogen-bond acceptors (Lipinski definition) is 4. The van der Waals surface area contributed by atoms with E-state index in [9.17, 15) is 5.11 Å². The van der Waals surface area contributed by atoms with E-state index in [1.807, 2.05) is 6.92 Å². The molecule has 1 atom stereocenters. The van der Waals surface area contributed by atoms with Crippen LogP contribution in [0.1, 0.15) is 12.6 Å². The third kappa shape index (κ3) is 2.23. The molecule has 16 heavy (non-hydrogen) atoms. The molecule has 0 saturated carbocycles. The zero-order valence-corrected chi connectivity index (χ0v) is 9.57. The average molecular weight is 238 g/mol. The topological polar surface area (TPSA) is 72.0 Å². The quantitative estimate of drug-likeness (QED) is 0.783. The lowest BCUT2D eigenvalue weighted by Gasteiger charge is -2.08. The third-order valence-corrected chi connectivity index (χ3v) is 2.42. The summed E-state index contributed by atoms with van der Waals surface area (Å²) in [6.07, 6.45) is 0.599. The second-order valence-corrected chi connectivity index (χ2v) is 4.16. The Balaban J connectivity index is 2.64. The maximum absolute atomic E-state index is 9.44. The van der Waals surface area contributed by atoms with Gasteiger partial charge in [-0.25, -0.2) is 9.97 Å². The minimum Gasteiger partial charge on any atom is -0.508 e. The van der Waals surface area contributed by atoms with Gasteiger partial charge in [0.2, 0.25) is 5.28 Å². The number of phenolic OH excluding ortho intramolecular Hbond substituents is 1. The fourth-order valence-corrected chi connectivity index (χ4v) is 1.80. The van der Waals surface area contributed by atoms with Crippen LogP contribution in [0, 0.1) is 0 Å². The zero-order valence-electron chi connectivity index (χ0n) is 8.81. The smallest absolute Gasteiger partial charge is 0.223 e. The van der Waals surface area contributed by atoms with Crippen LogP contribution >= 0.6 is 11.6 Å². The van der Waals surface area contributed by atoms with Gasteiger partial charge in [0.25, 0.3) is 0 Å². The van der Waals surface area contributed by atoms with Gasteiger partial charge in [-0.1, -0.05) is 0 Å². The molecule has 1 unspecified atom stereocenters. The van der Waals surface area contributed by atoms with Gasteiger partial charge in [0, 0.05) is 17.8 Å². The largest absolute Gasteiger partial charge is 0.508 e. The van der Waals surface area contributed by atoms with Gasteiger partial charge in [0.1, 0.15) is 5.75 Å². The molecule has 0 fully saturated rings. The monoisotopic (exact) mass is 237 g/mol. The van der Waals surface area contributed by atoms with Crippen molar-refractivity contribution in [2.45, 2.75) is 19.4 Å². The first kappa shape index (κ1) is 11.1. The molecule has 0 aliphatic rings. The number of rotatable bonds is 2. The molecule has 2 rings (SSSR count). The first-order valence-corrected chi connectivity index (χ1v) is 5.35. The molecule has 0 radical (unpaired) electrons. The van der Waals surface area contributed by atoms with E-state index >= 15 is 0 Å². The molecule has 0 spiro atoms. The Morgan fingerprint density at radius 3 is 2.88 bits per heavy atom. The van der Waals surface area contributed by atoms with Crippen LogP contribution < -0.4 is 5.73 Å². The van der Waals surface area contributed by atoms with Gasteiger partial charge < -0.3 is 10.8 Å². The molecule has 1 aromatic carbocycles. The van der Waals surface area contributed by atoms with Crippen molar-refractivity contribution in [2.75, 3.05) is 0 Å². The molecule has 0 aliphatic carbocycles. The SMILES string of the molecule is CC(N)Cc1nc(Cl)nc2ccc(O)cc12. The van der Waals surface area contributed by atoms with Crippen LogP contribution in [-0.4, -0.2) is 21.1 Å². The Bertz CT molecular complexity index is 528. The summed E-state index contributed by atoms with van der Waals surface area (Å²) in [5.41, 5.74) is 7.22. The molecule has 1 aromatic heterocycles. The Morgan fingerprint density at radius 1 is 1.44 bits per heavy atom. The molecular formula is C11H12ClN3O. The molecule has 3 N–H and O–H groups in total. The fraction of sp³-hybridized carbons (Fsp3) is 0.273. The minimum atomic E-state index is -0.0171. The van der Waals surface area contributed by atoms with E-state index in [1.165, 1.54) is 0 Å². The van der Waals surface area contributed by atoms with Crippen LogP contribution in [0.15, 0.2) is 18.2 Å². The zero-order chi connectivity index (χ0) is 11.7. The summed E-state index contributed by atoms with van der Waals surface area (Å²) in [7, 11) is 0. The summed E-state index contributed by atoms with van der Waals surface area (Å²) in [6.45, 7) is 1.89. The number of fused-ring (bicyclic) bond motifs is 1. The highest BCUT2D eigenvalue weighted by Gasteiger charge is 2.09. The van der Waals surface area contributed by atoms with Gasteiger partial charge in [-0.05, 0) is 36.7 Å². The Morgan fingerprint density at radius 2 is 2.19 bits per heavy atom. The van der Waals surface area contributed by atoms with Crippen molar-refractivity contribution in [3.05, 3.63) is 29.2 Å². The van der Waals surface area contributed by atoms with Gasteiger partial charge in [-0.3, -0.25) is 0 Å². The van der Waals surface area contributed by atoms with Crippen molar-refractivity contribution in [1.82, 2.24) is 9.97 Å². The first-order chi connectivity index (χ1) is 7.56. The van der Waals surface area contributed by atoms with Gasteiger partial charge >= 0.3 is 0 Å². The highest BCUT2D eigenvalue weighted by Crippen LogP contribution is 2.23. The summed E-state index contributed by atoms with van der Waals surface area (Å²) < 4.78 is 0. The summed E-state index contributed by atoms with van der Waals surface area (Å²) in [5, 5.41) is 10.4. The number of aromatic hydroxyl groups is 1. The van der Waals surface area contributed by atoms with Crippen molar-refractivity contribution < 1.29 is 5.11 Å². The van der Waals surface area contributed by atoms with Crippen LogP contribution in [0.5, 0.6) is 5.75 Å². The van der Waals surface area contributed by atoms with Crippen molar-refractivity contribution >= 4 is 22.5 Å². The minimum absolute atomic E-state index is 0.0171. The maximum atomic E-state index is 9.44. The lowest BCUT2D eigenvalue weighted by Crippen LogP contribution is -2.19. The Hall–Kier alpha value is -1.39. The highest BCUT2D eigenvalue weighted by molar-refractivity contribution is 6.28. The van der Waals surface area contributed by atoms with Gasteiger partial charge in [-0.15, -0.1) is 0 Å². The predicted octanol–water partition coefficient (Wildman–Crippen LogP) is 1.88. The van der Waals surface area contributed by atoms with Crippen molar-refractivity contribution in [3.63, 3.8) is 0 Å². The van der Waals surface area contributed by atoms with E-state index in [0.29, 0.717) is 11.9 Å². The number of halogens is 1. The molecule has 0 amide bonds. The van der Waals surface area contributed by atoms with E-state index in [-0.39, 0.29) is 17.1 Å². The van der Waals surface area contributed by atoms with Crippen molar-refractivity contribution in [3.8, 4) is 5.75 Å². The Labute approximate surface area is 98.1 Å². The summed E-state index contributed by atoms with van der Waals surface area (Å²) >= 11 is 5.82. The predicted molar refractivity (Wildman–Crippen MR) is 63.6 cm³/mol. The van der Waals surface area contributed by atoms with E-state index in [4.69, 9.17) is 17.3 Å². The summed E-state index contributed by atoms with van der Waals surface area (Å²) in [5.74, 6) is 0.185. The molecule has 84 valence electrons. The van der Waals surface area contributed by atoms with E-state index in [1.54, 1.807) is 18.2 Å². The van der Waals surface area contributed by atoms with Gasteiger partial charge in [0.05, 0.1) is 11.2 Å². The number of benzene rings is 1. The standard InChI is InChI=1S/C11H12ClN3O/c1-6(13)4-10-8-5-7(16)2-3-9(8)14-11(12)15-10/h2-3,5-6,16H,4,13H2,1H3. The van der Waals surface area contributed by atoms with Crippen molar-refractivity contribution in [2.24, 2.45) is 5.73 Å². The Kier molecular flexibility index (Phi) is 2.94. The highest BCUT2D eigenvalue weighted by atomic mass is 35.5. The third-order valence-electron chi connectivity index (χ3n) is 2.25. The van der Waals surface area contributed by atoms with Gasteiger partial charge in [0.15, 0.2) is 0 Å². The van der Waals surface area contributed by atoms with Crippen LogP contribution in [-0.2, 0) is 6.42 Å². The molecule has 0 bridgehead atoms. The summed E-state index contributed by atoms with van der Waals surface area (Å²) in [6, 6.07) is 4.89. The number of phenols is 1. The van der Waals surface area contributed by atoms with Crippen LogP contribution in [0.2, 0.25) is 5.28 Å². The summed E-state index contributed by atoms with van der Waals surface area (Å²) in [4.78, 5) is 8.23. The molecular weight excluding hydrogens is 226 g/mol. The number of aromatic nitrogens is 2. The van der Waals surface area contributed by atoms with Crippen LogP contribution in [0.25, 0.3) is 10.9 Å². The fourth-order valence-electron chi connectivity index (χ4n) is 1.61. The first-order valence-electron chi connectivity index (χ1n) is 4.97. The second kappa shape index (κ2) is 4.23. The number of hydrogen-bond donors (Lipinski definition) is 2. The normalized spacial score (nSPS) is 12.9. The number of nitrogens with zero attached hydrogens (tertiary/aromatic N) is 2. The lowest BCUT2D eigenvalue weighted by atomic mass is 10.1. The van der Waals surface area contributed by atoms with E-state index < -0.39 is 0 Å². The molecule has 5 heteroatoms. The second-order valence-electron chi connectivity index (χ2n) is 3.82. The van der Waals surface area contributed by atoms with Crippen molar-refractivity contribution in [1.29, 1.82) is 0 Å². The molecule has 0 saturated heterocycles. The van der Waals surface area contributed by atoms with Crippen LogP contribution in [0.3, 0.4) is 0 Å². The van der Waals surface area contributed by atoms with Crippen LogP contribution in [0.4, 0.5) is 0 Å². The van der Waals surface area contributed by atoms with E-state index in [2.05, 4.69) is 9.97 Å². The molecule has 2 aromatic rings. The average Bonchev–Trinajstić information content (AvgIpc) is 2.18. The lowest BCUT2D eigenvalue weighted by molar-refractivity contribution is 0.476. The van der Waals surface area contributed by atoms with Gasteiger partial charge in [-0.2, -0.15) is 0 Å². The number of nitrogens with two attached hydrogens (primary N) is 1. The molecule has 0 aliphatic heterocycles. The maximum Gasteiger partial charge on any atom is 0.223 e. The van der Waals surface area contributed by atoms with E-state index in [0.717, 1.165) is 11.1 Å². The molecule has 1 heterocycles. The molecule has 4 nitrogen and oxygen atoms in total.